The number of rotatable bonds is 7. The number of aromatic nitrogens is 3. The molecule has 4 rings (SSSR count). The van der Waals surface area contributed by atoms with Gasteiger partial charge in [-0.1, -0.05) is 18.2 Å². The fraction of sp³-hybridized carbons (Fsp3) is 0.217. The molecule has 31 heavy (non-hydrogen) atoms. The second-order valence-electron chi connectivity index (χ2n) is 7.25. The first-order chi connectivity index (χ1) is 14.9. The second-order valence-corrected chi connectivity index (χ2v) is 8.93. The highest BCUT2D eigenvalue weighted by Gasteiger charge is 2.16. The van der Waals surface area contributed by atoms with E-state index in [9.17, 15) is 8.42 Å². The molecule has 4 aromatic rings. The number of sulfonamides is 1. The Morgan fingerprint density at radius 2 is 1.52 bits per heavy atom. The Morgan fingerprint density at radius 1 is 0.903 bits per heavy atom. The van der Waals surface area contributed by atoms with E-state index in [1.807, 2.05) is 25.1 Å². The first-order valence-corrected chi connectivity index (χ1v) is 11.7. The summed E-state index contributed by atoms with van der Waals surface area (Å²) in [5.74, 6) is 0. The van der Waals surface area contributed by atoms with Crippen molar-refractivity contribution in [3.8, 4) is 5.69 Å². The normalized spacial score (nSPS) is 11.6. The molecule has 1 aromatic heterocycles. The highest BCUT2D eigenvalue weighted by Crippen LogP contribution is 2.25. The van der Waals surface area contributed by atoms with Gasteiger partial charge in [0.15, 0.2) is 0 Å². The number of anilines is 2. The quantitative estimate of drug-likeness (QED) is 0.466. The maximum Gasteiger partial charge on any atom is 0.261 e. The van der Waals surface area contributed by atoms with Gasteiger partial charge in [0.25, 0.3) is 10.0 Å². The molecule has 1 N–H and O–H groups in total. The van der Waals surface area contributed by atoms with Gasteiger partial charge in [0.2, 0.25) is 0 Å². The van der Waals surface area contributed by atoms with Gasteiger partial charge >= 0.3 is 0 Å². The lowest BCUT2D eigenvalue weighted by molar-refractivity contribution is 0.601. The van der Waals surface area contributed by atoms with Gasteiger partial charge in [0.05, 0.1) is 16.3 Å². The van der Waals surface area contributed by atoms with Gasteiger partial charge in [-0.15, -0.1) is 10.2 Å². The Morgan fingerprint density at radius 3 is 2.13 bits per heavy atom. The van der Waals surface area contributed by atoms with Crippen LogP contribution in [0.5, 0.6) is 0 Å². The van der Waals surface area contributed by atoms with Gasteiger partial charge in [-0.25, -0.2) is 8.42 Å². The largest absolute Gasteiger partial charge is 0.372 e. The Bertz CT molecular complexity index is 1300. The molecule has 0 unspecified atom stereocenters. The van der Waals surface area contributed by atoms with Crippen LogP contribution in [0.15, 0.2) is 71.6 Å². The van der Waals surface area contributed by atoms with Gasteiger partial charge in [-0.2, -0.15) is 4.80 Å². The van der Waals surface area contributed by atoms with Crippen molar-refractivity contribution in [2.24, 2.45) is 0 Å². The summed E-state index contributed by atoms with van der Waals surface area (Å²) in [5.41, 5.74) is 4.57. The maximum absolute atomic E-state index is 12.7. The summed E-state index contributed by atoms with van der Waals surface area (Å²) < 4.78 is 28.1. The molecule has 0 amide bonds. The number of nitrogens with zero attached hydrogens (tertiary/aromatic N) is 4. The van der Waals surface area contributed by atoms with Gasteiger partial charge in [0.1, 0.15) is 11.0 Å². The predicted octanol–water partition coefficient (Wildman–Crippen LogP) is 4.38. The fourth-order valence-corrected chi connectivity index (χ4v) is 4.62. The first-order valence-electron chi connectivity index (χ1n) is 10.2. The topological polar surface area (TPSA) is 80.1 Å². The smallest absolute Gasteiger partial charge is 0.261 e. The van der Waals surface area contributed by atoms with Crippen molar-refractivity contribution in [2.45, 2.75) is 25.7 Å². The van der Waals surface area contributed by atoms with Crippen LogP contribution in [0.3, 0.4) is 0 Å². The average molecular weight is 436 g/mol. The zero-order chi connectivity index (χ0) is 22.0. The van der Waals surface area contributed by atoms with Crippen LogP contribution in [0.1, 0.15) is 19.4 Å². The Hall–Kier alpha value is -3.39. The van der Waals surface area contributed by atoms with Crippen molar-refractivity contribution in [1.29, 1.82) is 0 Å². The van der Waals surface area contributed by atoms with Crippen molar-refractivity contribution >= 4 is 32.4 Å². The Kier molecular flexibility index (Phi) is 5.65. The summed E-state index contributed by atoms with van der Waals surface area (Å²) in [6.07, 6.45) is 0. The van der Waals surface area contributed by atoms with E-state index in [-0.39, 0.29) is 4.90 Å². The molecule has 1 heterocycles. The van der Waals surface area contributed by atoms with Crippen molar-refractivity contribution in [3.05, 3.63) is 72.3 Å². The third-order valence-electron chi connectivity index (χ3n) is 5.23. The van der Waals surface area contributed by atoms with E-state index in [2.05, 4.69) is 45.8 Å². The van der Waals surface area contributed by atoms with E-state index in [4.69, 9.17) is 0 Å². The first kappa shape index (κ1) is 20.9. The van der Waals surface area contributed by atoms with Crippen LogP contribution in [0.25, 0.3) is 16.7 Å². The minimum absolute atomic E-state index is 0.214. The lowest BCUT2D eigenvalue weighted by atomic mass is 10.2. The van der Waals surface area contributed by atoms with Crippen molar-refractivity contribution < 1.29 is 8.42 Å². The van der Waals surface area contributed by atoms with E-state index in [1.54, 1.807) is 41.2 Å². The molecule has 0 saturated carbocycles. The molecule has 160 valence electrons. The molecular formula is C23H25N5O2S. The lowest BCUT2D eigenvalue weighted by Gasteiger charge is -2.20. The number of hydrogen-bond acceptors (Lipinski definition) is 5. The standard InChI is InChI=1S/C23H25N5O2S/c1-4-27(5-2)18-11-13-19(14-12-18)28-24-22-15-17(3)21(16-23(22)25-28)26-31(29,30)20-9-7-6-8-10-20/h6-16,26H,4-5H2,1-3H3. The summed E-state index contributed by atoms with van der Waals surface area (Å²) in [5, 5.41) is 9.13. The van der Waals surface area contributed by atoms with Crippen molar-refractivity contribution in [2.75, 3.05) is 22.7 Å². The zero-order valence-corrected chi connectivity index (χ0v) is 18.6. The number of aryl methyl sites for hydroxylation is 1. The molecule has 0 aliphatic heterocycles. The van der Waals surface area contributed by atoms with E-state index in [0.29, 0.717) is 16.7 Å². The van der Waals surface area contributed by atoms with Crippen molar-refractivity contribution in [1.82, 2.24) is 15.0 Å². The molecule has 0 aliphatic carbocycles. The molecule has 0 spiro atoms. The molecule has 3 aromatic carbocycles. The summed E-state index contributed by atoms with van der Waals surface area (Å²) in [6, 6.07) is 19.9. The molecular weight excluding hydrogens is 410 g/mol. The minimum Gasteiger partial charge on any atom is -0.372 e. The van der Waals surface area contributed by atoms with E-state index >= 15 is 0 Å². The highest BCUT2D eigenvalue weighted by molar-refractivity contribution is 7.92. The third kappa shape index (κ3) is 4.25. The van der Waals surface area contributed by atoms with Crippen LogP contribution < -0.4 is 9.62 Å². The van der Waals surface area contributed by atoms with Gasteiger partial charge in [-0.3, -0.25) is 4.72 Å². The van der Waals surface area contributed by atoms with Gasteiger partial charge < -0.3 is 4.90 Å². The monoisotopic (exact) mass is 435 g/mol. The van der Waals surface area contributed by atoms with E-state index < -0.39 is 10.0 Å². The lowest BCUT2D eigenvalue weighted by Crippen LogP contribution is -2.21. The number of nitrogens with one attached hydrogen (secondary N) is 1. The Labute approximate surface area is 182 Å². The summed E-state index contributed by atoms with van der Waals surface area (Å²) in [6.45, 7) is 8.00. The molecule has 0 fully saturated rings. The summed E-state index contributed by atoms with van der Waals surface area (Å²) >= 11 is 0. The highest BCUT2D eigenvalue weighted by atomic mass is 32.2. The SMILES string of the molecule is CCN(CC)c1ccc(-n2nc3cc(C)c(NS(=O)(=O)c4ccccc4)cc3n2)cc1. The van der Waals surface area contributed by atoms with Crippen LogP contribution in [0.4, 0.5) is 11.4 Å². The molecule has 0 saturated heterocycles. The number of fused-ring (bicyclic) bond motifs is 1. The van der Waals surface area contributed by atoms with Crippen LogP contribution in [0.2, 0.25) is 0 Å². The third-order valence-corrected chi connectivity index (χ3v) is 6.61. The molecule has 0 bridgehead atoms. The van der Waals surface area contributed by atoms with E-state index in [1.165, 1.54) is 0 Å². The van der Waals surface area contributed by atoms with Crippen LogP contribution in [-0.2, 0) is 10.0 Å². The number of hydrogen-bond donors (Lipinski definition) is 1. The van der Waals surface area contributed by atoms with Crippen LogP contribution >= 0.6 is 0 Å². The maximum atomic E-state index is 12.7. The van der Waals surface area contributed by atoms with Gasteiger partial charge in [-0.05, 0) is 74.9 Å². The molecule has 0 radical (unpaired) electrons. The summed E-state index contributed by atoms with van der Waals surface area (Å²) in [4.78, 5) is 4.06. The minimum atomic E-state index is -3.68. The molecule has 0 atom stereocenters. The molecule has 8 heteroatoms. The fourth-order valence-electron chi connectivity index (χ4n) is 3.48. The molecule has 0 aliphatic rings. The number of benzene rings is 3. The second kappa shape index (κ2) is 8.39. The predicted molar refractivity (Wildman–Crippen MR) is 124 cm³/mol. The van der Waals surface area contributed by atoms with Crippen LogP contribution in [0, 0.1) is 6.92 Å². The van der Waals surface area contributed by atoms with Crippen LogP contribution in [-0.4, -0.2) is 36.5 Å². The van der Waals surface area contributed by atoms with Gasteiger partial charge in [0, 0.05) is 18.8 Å². The van der Waals surface area contributed by atoms with Crippen molar-refractivity contribution in [3.63, 3.8) is 0 Å². The Balaban J connectivity index is 1.65. The van der Waals surface area contributed by atoms with E-state index in [0.717, 1.165) is 30.0 Å². The molecule has 7 nitrogen and oxygen atoms in total. The summed E-state index contributed by atoms with van der Waals surface area (Å²) in [7, 11) is -3.68. The zero-order valence-electron chi connectivity index (χ0n) is 17.8. The average Bonchev–Trinajstić information content (AvgIpc) is 3.18.